The number of thiazole rings is 1. The van der Waals surface area contributed by atoms with E-state index in [9.17, 15) is 0 Å². The van der Waals surface area contributed by atoms with Crippen LogP contribution in [0.3, 0.4) is 0 Å². The van der Waals surface area contributed by atoms with Crippen LogP contribution in [0.1, 0.15) is 70.1 Å². The second-order valence-corrected chi connectivity index (χ2v) is 14.3. The van der Waals surface area contributed by atoms with Crippen LogP contribution in [0, 0.1) is 31.3 Å². The summed E-state index contributed by atoms with van der Waals surface area (Å²) in [5.41, 5.74) is 5.30. The first-order valence-corrected chi connectivity index (χ1v) is 15.8. The minimum Gasteiger partial charge on any atom is -0.498 e. The molecule has 0 bridgehead atoms. The fourth-order valence-corrected chi connectivity index (χ4v) is 6.00. The van der Waals surface area contributed by atoms with Crippen LogP contribution < -0.4 is 0 Å². The SMILES string of the molecule is Cc1ccc(-c2[c-]cccc2)nc1.[2H]C([2H])([2H])c1cnc(-c2[c-]ccc3c2oc2c3ccc3sc(C(C)(C)C)nc32)cc1C([2H])([2H])C(C)(C)C.[Ir]. The van der Waals surface area contributed by atoms with Crippen LogP contribution >= 0.6 is 11.3 Å². The van der Waals surface area contributed by atoms with Crippen molar-refractivity contribution in [3.63, 3.8) is 0 Å². The van der Waals surface area contributed by atoms with Gasteiger partial charge >= 0.3 is 0 Å². The second kappa shape index (κ2) is 13.2. The zero-order valence-corrected chi connectivity index (χ0v) is 30.2. The van der Waals surface area contributed by atoms with Crippen LogP contribution in [0.15, 0.2) is 83.5 Å². The van der Waals surface area contributed by atoms with Gasteiger partial charge in [0.2, 0.25) is 0 Å². The fraction of sp³-hybridized carbons (Fsp3) is 0.275. The molecule has 46 heavy (non-hydrogen) atoms. The van der Waals surface area contributed by atoms with Gasteiger partial charge in [0.1, 0.15) is 11.1 Å². The summed E-state index contributed by atoms with van der Waals surface area (Å²) in [6.07, 6.45) is 1.22. The standard InChI is InChI=1S/C28H29N2OS.C12H10N.Ir/c1-16-15-29-21(13-17(16)14-27(2,3)4)20-10-8-9-18-19-11-12-22-23(25(19)31-24(18)20)30-26(32-22)28(5,6)7;1-10-7-8-12(13-9-10)11-5-3-2-4-6-11;/h8-9,11-13,15H,14H2,1-7H3;2-5,7-9H,1H3;/q2*-1;/i1D3,14D2;;. The minimum absolute atomic E-state index is 0. The van der Waals surface area contributed by atoms with Crippen molar-refractivity contribution >= 4 is 43.5 Å². The molecule has 0 aliphatic rings. The Kier molecular flexibility index (Phi) is 7.86. The van der Waals surface area contributed by atoms with Crippen LogP contribution in [0.5, 0.6) is 0 Å². The molecule has 4 heterocycles. The molecule has 0 saturated heterocycles. The Bertz CT molecular complexity index is 2320. The number of hydrogen-bond acceptors (Lipinski definition) is 5. The maximum atomic E-state index is 8.84. The van der Waals surface area contributed by atoms with Gasteiger partial charge in [-0.1, -0.05) is 82.3 Å². The molecule has 0 N–H and O–H groups in total. The molecule has 6 heteroatoms. The van der Waals surface area contributed by atoms with Gasteiger partial charge in [0, 0.05) is 50.2 Å². The molecule has 0 aliphatic carbocycles. The van der Waals surface area contributed by atoms with Crippen LogP contribution in [0.2, 0.25) is 0 Å². The average molecular weight is 807 g/mol. The van der Waals surface area contributed by atoms with Crippen LogP contribution in [-0.4, -0.2) is 15.0 Å². The van der Waals surface area contributed by atoms with Gasteiger partial charge in [0.15, 0.2) is 0 Å². The summed E-state index contributed by atoms with van der Waals surface area (Å²) in [6, 6.07) is 27.6. The molecule has 4 nitrogen and oxygen atoms in total. The normalized spacial score (nSPS) is 14.0. The number of benzene rings is 3. The van der Waals surface area contributed by atoms with Crippen molar-refractivity contribution < 1.29 is 31.4 Å². The summed E-state index contributed by atoms with van der Waals surface area (Å²) in [7, 11) is 0. The fourth-order valence-electron chi connectivity index (χ4n) is 4.98. The Labute approximate surface area is 296 Å². The third kappa shape index (κ3) is 7.15. The Morgan fingerprint density at radius 2 is 1.65 bits per heavy atom. The molecule has 7 aromatic rings. The zero-order valence-electron chi connectivity index (χ0n) is 32.0. The molecule has 0 spiro atoms. The van der Waals surface area contributed by atoms with Crippen molar-refractivity contribution in [1.82, 2.24) is 15.0 Å². The van der Waals surface area contributed by atoms with Gasteiger partial charge in [-0.05, 0) is 54.1 Å². The molecule has 0 unspecified atom stereocenters. The Hall–Kier alpha value is -3.70. The van der Waals surface area contributed by atoms with Gasteiger partial charge in [-0.2, -0.15) is 0 Å². The maximum absolute atomic E-state index is 8.84. The van der Waals surface area contributed by atoms with Gasteiger partial charge in [-0.15, -0.1) is 65.4 Å². The predicted molar refractivity (Wildman–Crippen MR) is 189 cm³/mol. The first kappa shape index (κ1) is 27.4. The van der Waals surface area contributed by atoms with Crippen molar-refractivity contribution in [2.24, 2.45) is 5.41 Å². The van der Waals surface area contributed by atoms with Crippen molar-refractivity contribution in [1.29, 1.82) is 0 Å². The number of fused-ring (bicyclic) bond motifs is 5. The topological polar surface area (TPSA) is 51.8 Å². The number of pyridine rings is 2. The molecule has 0 aliphatic heterocycles. The monoisotopic (exact) mass is 807 g/mol. The predicted octanol–water partition coefficient (Wildman–Crippen LogP) is 11.1. The summed E-state index contributed by atoms with van der Waals surface area (Å²) >= 11 is 1.65. The molecule has 3 aromatic carbocycles. The maximum Gasteiger partial charge on any atom is 0.148 e. The van der Waals surface area contributed by atoms with E-state index >= 15 is 0 Å². The van der Waals surface area contributed by atoms with E-state index in [1.165, 1.54) is 11.8 Å². The number of hydrogen-bond donors (Lipinski definition) is 0. The number of furan rings is 1. The van der Waals surface area contributed by atoms with E-state index in [1.807, 2.05) is 55.6 Å². The van der Waals surface area contributed by atoms with Gasteiger partial charge < -0.3 is 14.4 Å². The first-order valence-electron chi connectivity index (χ1n) is 17.4. The van der Waals surface area contributed by atoms with E-state index in [4.69, 9.17) is 16.3 Å². The summed E-state index contributed by atoms with van der Waals surface area (Å²) in [5, 5.41) is 2.82. The molecule has 0 amide bonds. The molecule has 4 aromatic heterocycles. The van der Waals surface area contributed by atoms with Crippen molar-refractivity contribution in [2.75, 3.05) is 0 Å². The van der Waals surface area contributed by atoms with E-state index in [0.29, 0.717) is 22.4 Å². The number of aryl methyl sites for hydroxylation is 2. The number of rotatable bonds is 3. The second-order valence-electron chi connectivity index (χ2n) is 13.2. The Morgan fingerprint density at radius 3 is 2.33 bits per heavy atom. The minimum atomic E-state index is -2.50. The molecular weight excluding hydrogens is 763 g/mol. The molecule has 0 saturated carbocycles. The Morgan fingerprint density at radius 1 is 0.870 bits per heavy atom. The van der Waals surface area contributed by atoms with Gasteiger partial charge in [0.05, 0.1) is 15.3 Å². The smallest absolute Gasteiger partial charge is 0.148 e. The summed E-state index contributed by atoms with van der Waals surface area (Å²) in [6.45, 7) is 11.2. The van der Waals surface area contributed by atoms with Crippen LogP contribution in [0.4, 0.5) is 0 Å². The molecule has 237 valence electrons. The molecule has 1 radical (unpaired) electrons. The summed E-state index contributed by atoms with van der Waals surface area (Å²) in [5.74, 6) is 0. The zero-order chi connectivity index (χ0) is 36.2. The van der Waals surface area contributed by atoms with Crippen molar-refractivity contribution in [3.05, 3.63) is 113 Å². The largest absolute Gasteiger partial charge is 0.498 e. The molecular formula is C40H39IrN3OS-2. The quantitative estimate of drug-likeness (QED) is 0.167. The summed E-state index contributed by atoms with van der Waals surface area (Å²) < 4.78 is 49.1. The third-order valence-corrected chi connectivity index (χ3v) is 8.61. The van der Waals surface area contributed by atoms with Crippen LogP contribution in [-0.2, 0) is 31.9 Å². The average Bonchev–Trinajstić information content (AvgIpc) is 3.67. The molecule has 0 fully saturated rings. The van der Waals surface area contributed by atoms with Crippen molar-refractivity contribution in [2.45, 2.75) is 67.1 Å². The van der Waals surface area contributed by atoms with E-state index in [-0.39, 0.29) is 36.6 Å². The molecule has 7 rings (SSSR count). The van der Waals surface area contributed by atoms with Gasteiger partial charge in [0.25, 0.3) is 0 Å². The number of aromatic nitrogens is 3. The van der Waals surface area contributed by atoms with E-state index in [1.54, 1.807) is 44.2 Å². The van der Waals surface area contributed by atoms with E-state index in [0.717, 1.165) is 37.3 Å². The number of nitrogens with zero attached hydrogens (tertiary/aromatic N) is 3. The molecule has 0 atom stereocenters. The van der Waals surface area contributed by atoms with Gasteiger partial charge in [-0.3, -0.25) is 0 Å². The summed E-state index contributed by atoms with van der Waals surface area (Å²) in [4.78, 5) is 13.7. The van der Waals surface area contributed by atoms with E-state index in [2.05, 4.69) is 55.0 Å². The van der Waals surface area contributed by atoms with Crippen molar-refractivity contribution in [3.8, 4) is 22.5 Å². The first-order chi connectivity index (χ1) is 23.4. The Balaban J connectivity index is 0.000000302. The van der Waals surface area contributed by atoms with Crippen LogP contribution in [0.25, 0.3) is 54.7 Å². The third-order valence-electron chi connectivity index (χ3n) is 7.17. The van der Waals surface area contributed by atoms with E-state index < -0.39 is 18.6 Å². The van der Waals surface area contributed by atoms with Gasteiger partial charge in [-0.25, -0.2) is 4.98 Å².